The fourth-order valence-electron chi connectivity index (χ4n) is 1.57. The first-order chi connectivity index (χ1) is 8.66. The van der Waals surface area contributed by atoms with Crippen molar-refractivity contribution in [3.8, 4) is 0 Å². The van der Waals surface area contributed by atoms with Crippen LogP contribution >= 0.6 is 0 Å². The van der Waals surface area contributed by atoms with Crippen molar-refractivity contribution < 1.29 is 4.92 Å². The van der Waals surface area contributed by atoms with Crippen molar-refractivity contribution >= 4 is 17.6 Å². The smallest absolute Gasteiger partial charge is 0.258 e. The van der Waals surface area contributed by atoms with Gasteiger partial charge in [0, 0.05) is 18.3 Å². The van der Waals surface area contributed by atoms with Crippen molar-refractivity contribution in [1.29, 1.82) is 0 Å². The minimum Gasteiger partial charge on any atom is -0.258 e. The van der Waals surface area contributed by atoms with Gasteiger partial charge in [0.05, 0.1) is 10.6 Å². The Morgan fingerprint density at radius 1 is 1.17 bits per heavy atom. The van der Waals surface area contributed by atoms with Gasteiger partial charge in [-0.15, -0.1) is 0 Å². The molecule has 2 aromatic rings. The number of benzene rings is 2. The molecule has 18 heavy (non-hydrogen) atoms. The first-order valence-corrected chi connectivity index (χ1v) is 5.51. The summed E-state index contributed by atoms with van der Waals surface area (Å²) in [6, 6.07) is 14.1. The molecule has 0 unspecified atom stereocenters. The maximum atomic E-state index is 10.6. The summed E-state index contributed by atoms with van der Waals surface area (Å²) >= 11 is 0. The predicted octanol–water partition coefficient (Wildman–Crippen LogP) is 3.65. The molecule has 0 aliphatic carbocycles. The van der Waals surface area contributed by atoms with Crippen molar-refractivity contribution in [1.82, 2.24) is 0 Å². The lowest BCUT2D eigenvalue weighted by Crippen LogP contribution is -1.89. The van der Waals surface area contributed by atoms with Crippen molar-refractivity contribution in [2.45, 2.75) is 6.92 Å². The highest BCUT2D eigenvalue weighted by atomic mass is 16.6. The number of nitro groups is 1. The highest BCUT2D eigenvalue weighted by Crippen LogP contribution is 2.18. The number of hydrogen-bond acceptors (Lipinski definition) is 3. The van der Waals surface area contributed by atoms with Crippen LogP contribution in [0.4, 0.5) is 11.4 Å². The van der Waals surface area contributed by atoms with Gasteiger partial charge in [-0.3, -0.25) is 15.1 Å². The van der Waals surface area contributed by atoms with Crippen LogP contribution in [0.3, 0.4) is 0 Å². The SMILES string of the molecule is Cc1ccccc1N=Cc1cccc([N+](=O)[O-])c1. The molecule has 0 saturated heterocycles. The summed E-state index contributed by atoms with van der Waals surface area (Å²) in [5.41, 5.74) is 2.72. The summed E-state index contributed by atoms with van der Waals surface area (Å²) < 4.78 is 0. The molecule has 0 saturated carbocycles. The highest BCUT2D eigenvalue weighted by Gasteiger charge is 2.03. The molecule has 0 heterocycles. The monoisotopic (exact) mass is 240 g/mol. The number of para-hydroxylation sites is 1. The Bertz CT molecular complexity index is 606. The van der Waals surface area contributed by atoms with E-state index in [0.717, 1.165) is 11.3 Å². The molecule has 4 heteroatoms. The van der Waals surface area contributed by atoms with Crippen molar-refractivity contribution in [3.63, 3.8) is 0 Å². The number of nitrogens with zero attached hydrogens (tertiary/aromatic N) is 2. The minimum absolute atomic E-state index is 0.0729. The van der Waals surface area contributed by atoms with E-state index in [1.54, 1.807) is 18.3 Å². The maximum absolute atomic E-state index is 10.6. The molecule has 0 aliphatic rings. The van der Waals surface area contributed by atoms with Gasteiger partial charge < -0.3 is 0 Å². The van der Waals surface area contributed by atoms with E-state index in [2.05, 4.69) is 4.99 Å². The second-order valence-corrected chi connectivity index (χ2v) is 3.90. The third-order valence-electron chi connectivity index (χ3n) is 2.55. The van der Waals surface area contributed by atoms with Gasteiger partial charge in [-0.2, -0.15) is 0 Å². The van der Waals surface area contributed by atoms with Gasteiger partial charge in [0.1, 0.15) is 0 Å². The molecule has 0 radical (unpaired) electrons. The summed E-state index contributed by atoms with van der Waals surface area (Å²) in [5, 5.41) is 10.6. The molecule has 0 N–H and O–H groups in total. The van der Waals surface area contributed by atoms with E-state index in [1.165, 1.54) is 12.1 Å². The molecule has 0 aliphatic heterocycles. The average Bonchev–Trinajstić information content (AvgIpc) is 2.38. The molecular formula is C14H12N2O2. The van der Waals surface area contributed by atoms with Gasteiger partial charge in [-0.05, 0) is 24.1 Å². The van der Waals surface area contributed by atoms with Gasteiger partial charge in [0.25, 0.3) is 5.69 Å². The number of nitro benzene ring substituents is 1. The summed E-state index contributed by atoms with van der Waals surface area (Å²) in [6.07, 6.45) is 1.63. The third-order valence-corrected chi connectivity index (χ3v) is 2.55. The van der Waals surface area contributed by atoms with E-state index in [9.17, 15) is 10.1 Å². The van der Waals surface area contributed by atoms with E-state index in [1.807, 2.05) is 31.2 Å². The Morgan fingerprint density at radius 3 is 2.67 bits per heavy atom. The van der Waals surface area contributed by atoms with Crippen LogP contribution in [0.5, 0.6) is 0 Å². The Balaban J connectivity index is 2.27. The van der Waals surface area contributed by atoms with E-state index >= 15 is 0 Å². The van der Waals surface area contributed by atoms with Crippen LogP contribution in [0, 0.1) is 17.0 Å². The van der Waals surface area contributed by atoms with Crippen LogP contribution in [0.2, 0.25) is 0 Å². The number of rotatable bonds is 3. The first-order valence-electron chi connectivity index (χ1n) is 5.51. The fraction of sp³-hybridized carbons (Fsp3) is 0.0714. The molecular weight excluding hydrogens is 228 g/mol. The lowest BCUT2D eigenvalue weighted by Gasteiger charge is -1.98. The normalized spacial score (nSPS) is 10.7. The topological polar surface area (TPSA) is 55.5 Å². The van der Waals surface area contributed by atoms with E-state index in [0.29, 0.717) is 5.56 Å². The molecule has 0 aromatic heterocycles. The molecule has 0 amide bonds. The zero-order valence-corrected chi connectivity index (χ0v) is 9.91. The number of non-ortho nitro benzene ring substituents is 1. The maximum Gasteiger partial charge on any atom is 0.270 e. The van der Waals surface area contributed by atoms with Crippen LogP contribution in [0.1, 0.15) is 11.1 Å². The summed E-state index contributed by atoms with van der Waals surface area (Å²) in [7, 11) is 0. The summed E-state index contributed by atoms with van der Waals surface area (Å²) in [6.45, 7) is 1.97. The Hall–Kier alpha value is -2.49. The second kappa shape index (κ2) is 5.23. The lowest BCUT2D eigenvalue weighted by molar-refractivity contribution is -0.384. The predicted molar refractivity (Wildman–Crippen MR) is 71.5 cm³/mol. The van der Waals surface area contributed by atoms with Crippen LogP contribution in [0.15, 0.2) is 53.5 Å². The molecule has 90 valence electrons. The summed E-state index contributed by atoms with van der Waals surface area (Å²) in [4.78, 5) is 14.6. The van der Waals surface area contributed by atoms with Gasteiger partial charge in [-0.1, -0.05) is 30.3 Å². The first kappa shape index (κ1) is 12.0. The Kier molecular flexibility index (Phi) is 3.48. The molecule has 0 atom stereocenters. The van der Waals surface area contributed by atoms with E-state index < -0.39 is 4.92 Å². The summed E-state index contributed by atoms with van der Waals surface area (Å²) in [5.74, 6) is 0. The highest BCUT2D eigenvalue weighted by molar-refractivity contribution is 5.83. The van der Waals surface area contributed by atoms with Crippen LogP contribution in [-0.2, 0) is 0 Å². The van der Waals surface area contributed by atoms with Gasteiger partial charge in [-0.25, -0.2) is 0 Å². The van der Waals surface area contributed by atoms with E-state index in [-0.39, 0.29) is 5.69 Å². The molecule has 2 aromatic carbocycles. The molecule has 4 nitrogen and oxygen atoms in total. The van der Waals surface area contributed by atoms with Crippen LogP contribution in [0.25, 0.3) is 0 Å². The van der Waals surface area contributed by atoms with E-state index in [4.69, 9.17) is 0 Å². The van der Waals surface area contributed by atoms with Crippen molar-refractivity contribution in [2.75, 3.05) is 0 Å². The van der Waals surface area contributed by atoms with Gasteiger partial charge in [0.15, 0.2) is 0 Å². The zero-order valence-electron chi connectivity index (χ0n) is 9.91. The molecule has 0 fully saturated rings. The lowest BCUT2D eigenvalue weighted by atomic mass is 10.2. The van der Waals surface area contributed by atoms with Crippen LogP contribution in [-0.4, -0.2) is 11.1 Å². The number of aryl methyl sites for hydroxylation is 1. The zero-order chi connectivity index (χ0) is 13.0. The van der Waals surface area contributed by atoms with Crippen molar-refractivity contribution in [3.05, 3.63) is 69.8 Å². The molecule has 0 bridgehead atoms. The number of aliphatic imine (C=N–C) groups is 1. The Morgan fingerprint density at radius 2 is 1.94 bits per heavy atom. The minimum atomic E-state index is -0.412. The second-order valence-electron chi connectivity index (χ2n) is 3.90. The molecule has 2 rings (SSSR count). The average molecular weight is 240 g/mol. The van der Waals surface area contributed by atoms with Crippen LogP contribution < -0.4 is 0 Å². The quantitative estimate of drug-likeness (QED) is 0.467. The van der Waals surface area contributed by atoms with Gasteiger partial charge >= 0.3 is 0 Å². The largest absolute Gasteiger partial charge is 0.270 e. The standard InChI is InChI=1S/C14H12N2O2/c1-11-5-2-3-8-14(11)15-10-12-6-4-7-13(9-12)16(17)18/h2-10H,1H3. The van der Waals surface area contributed by atoms with Gasteiger partial charge in [0.2, 0.25) is 0 Å². The Labute approximate surface area is 105 Å². The van der Waals surface area contributed by atoms with Crippen molar-refractivity contribution in [2.24, 2.45) is 4.99 Å². The third kappa shape index (κ3) is 2.79. The molecule has 0 spiro atoms. The fourth-order valence-corrected chi connectivity index (χ4v) is 1.57. The number of hydrogen-bond donors (Lipinski definition) is 0.